The fourth-order valence-electron chi connectivity index (χ4n) is 8.49. The Hall–Kier alpha value is -4.14. The molecule has 2 unspecified atom stereocenters. The zero-order chi connectivity index (χ0) is 31.8. The molecule has 45 heavy (non-hydrogen) atoms. The molecule has 0 aliphatic heterocycles. The standard InChI is InChI=1S/C43H44OSi/c1-25-18-26(2)21-32(20-25)41-29(5)10-13-34-35(41)15-17-40(34)45(8,9)43-36-14-11-30(6)42(33-22-27(3)19-28(4)23-33)37(36)24-38(43)39-16-12-31(7)44-39/h10-24,40,43H,1-9H3. The number of rotatable bonds is 5. The van der Waals surface area contributed by atoms with E-state index in [2.05, 4.69) is 153 Å². The number of aryl methyl sites for hydroxylation is 7. The molecule has 0 saturated heterocycles. The zero-order valence-corrected chi connectivity index (χ0v) is 29.2. The maximum atomic E-state index is 6.42. The Balaban J connectivity index is 1.41. The molecule has 2 aliphatic carbocycles. The van der Waals surface area contributed by atoms with Crippen LogP contribution in [0.2, 0.25) is 13.1 Å². The van der Waals surface area contributed by atoms with Crippen LogP contribution in [-0.4, -0.2) is 8.07 Å². The van der Waals surface area contributed by atoms with Crippen LogP contribution in [0.1, 0.15) is 78.2 Å². The minimum absolute atomic E-state index is 0.301. The van der Waals surface area contributed by atoms with Gasteiger partial charge in [0.25, 0.3) is 0 Å². The summed E-state index contributed by atoms with van der Waals surface area (Å²) in [6.07, 6.45) is 7.44. The summed E-state index contributed by atoms with van der Waals surface area (Å²) in [4.78, 5) is 0. The van der Waals surface area contributed by atoms with Crippen molar-refractivity contribution in [1.82, 2.24) is 0 Å². The molecular formula is C43H44OSi. The summed E-state index contributed by atoms with van der Waals surface area (Å²) in [6.45, 7) is 20.6. The third-order valence-corrected chi connectivity index (χ3v) is 14.5. The van der Waals surface area contributed by atoms with Crippen LogP contribution >= 0.6 is 0 Å². The van der Waals surface area contributed by atoms with Gasteiger partial charge in [0.05, 0.1) is 8.07 Å². The molecule has 2 atom stereocenters. The first-order valence-electron chi connectivity index (χ1n) is 16.3. The number of furan rings is 1. The molecule has 0 fully saturated rings. The maximum Gasteiger partial charge on any atom is 0.130 e. The van der Waals surface area contributed by atoms with Crippen molar-refractivity contribution in [2.45, 2.75) is 72.6 Å². The lowest BCUT2D eigenvalue weighted by atomic mass is 9.91. The van der Waals surface area contributed by atoms with Crippen molar-refractivity contribution < 1.29 is 4.42 Å². The lowest BCUT2D eigenvalue weighted by molar-refractivity contribution is 0.520. The number of benzene rings is 4. The molecule has 5 aromatic rings. The monoisotopic (exact) mass is 604 g/mol. The first-order valence-corrected chi connectivity index (χ1v) is 19.5. The van der Waals surface area contributed by atoms with E-state index >= 15 is 0 Å². The van der Waals surface area contributed by atoms with Gasteiger partial charge in [-0.25, -0.2) is 0 Å². The topological polar surface area (TPSA) is 13.1 Å². The van der Waals surface area contributed by atoms with Crippen molar-refractivity contribution in [3.8, 4) is 22.3 Å². The van der Waals surface area contributed by atoms with E-state index in [1.165, 1.54) is 83.5 Å². The van der Waals surface area contributed by atoms with E-state index < -0.39 is 8.07 Å². The first-order chi connectivity index (χ1) is 21.4. The summed E-state index contributed by atoms with van der Waals surface area (Å²) in [5.41, 5.74) is 21.1. The van der Waals surface area contributed by atoms with Crippen LogP contribution in [0.5, 0.6) is 0 Å². The molecule has 0 amide bonds. The van der Waals surface area contributed by atoms with Crippen LogP contribution in [0.15, 0.2) is 83.3 Å². The van der Waals surface area contributed by atoms with Gasteiger partial charge in [-0.15, -0.1) is 0 Å². The Kier molecular flexibility index (Phi) is 7.05. The number of hydrogen-bond acceptors (Lipinski definition) is 1. The highest BCUT2D eigenvalue weighted by Crippen LogP contribution is 2.55. The Morgan fingerprint density at radius 1 is 0.578 bits per heavy atom. The van der Waals surface area contributed by atoms with E-state index in [1.807, 2.05) is 0 Å². The fourth-order valence-corrected chi connectivity index (χ4v) is 12.6. The van der Waals surface area contributed by atoms with Crippen molar-refractivity contribution in [3.63, 3.8) is 0 Å². The predicted octanol–water partition coefficient (Wildman–Crippen LogP) is 12.0. The molecule has 226 valence electrons. The van der Waals surface area contributed by atoms with E-state index in [9.17, 15) is 0 Å². The predicted molar refractivity (Wildman–Crippen MR) is 195 cm³/mol. The van der Waals surface area contributed by atoms with E-state index in [4.69, 9.17) is 4.42 Å². The quantitative estimate of drug-likeness (QED) is 0.182. The van der Waals surface area contributed by atoms with Gasteiger partial charge in [0.15, 0.2) is 0 Å². The molecule has 0 spiro atoms. The fraction of sp³-hybridized carbons (Fsp3) is 0.256. The number of allylic oxidation sites excluding steroid dienone is 2. The number of fused-ring (bicyclic) bond motifs is 2. The molecule has 2 heteroatoms. The van der Waals surface area contributed by atoms with Crippen molar-refractivity contribution in [3.05, 3.63) is 146 Å². The van der Waals surface area contributed by atoms with Gasteiger partial charge in [-0.3, -0.25) is 0 Å². The largest absolute Gasteiger partial charge is 0.462 e. The third kappa shape index (κ3) is 4.91. The van der Waals surface area contributed by atoms with Gasteiger partial charge in [0.2, 0.25) is 0 Å². The Morgan fingerprint density at radius 2 is 1.11 bits per heavy atom. The summed E-state index contributed by atoms with van der Waals surface area (Å²) < 4.78 is 6.42. The Morgan fingerprint density at radius 3 is 1.64 bits per heavy atom. The molecule has 0 N–H and O–H groups in total. The normalized spacial score (nSPS) is 17.0. The average Bonchev–Trinajstić information content (AvgIpc) is 3.68. The highest BCUT2D eigenvalue weighted by atomic mass is 28.3. The summed E-state index contributed by atoms with van der Waals surface area (Å²) in [7, 11) is -2.12. The van der Waals surface area contributed by atoms with Crippen molar-refractivity contribution in [2.24, 2.45) is 0 Å². The molecule has 1 heterocycles. The maximum absolute atomic E-state index is 6.42. The van der Waals surface area contributed by atoms with Crippen LogP contribution in [0.25, 0.3) is 40.0 Å². The zero-order valence-electron chi connectivity index (χ0n) is 28.2. The molecular weight excluding hydrogens is 561 g/mol. The highest BCUT2D eigenvalue weighted by Gasteiger charge is 2.47. The Labute approximate surface area is 270 Å². The van der Waals surface area contributed by atoms with Gasteiger partial charge >= 0.3 is 0 Å². The molecule has 1 aromatic heterocycles. The molecule has 7 rings (SSSR count). The minimum atomic E-state index is -2.12. The summed E-state index contributed by atoms with van der Waals surface area (Å²) in [5, 5.41) is 0. The van der Waals surface area contributed by atoms with Crippen LogP contribution in [0, 0.1) is 48.5 Å². The van der Waals surface area contributed by atoms with Crippen LogP contribution in [-0.2, 0) is 0 Å². The molecule has 4 aromatic carbocycles. The van der Waals surface area contributed by atoms with Gasteiger partial charge < -0.3 is 4.42 Å². The van der Waals surface area contributed by atoms with Crippen LogP contribution in [0.3, 0.4) is 0 Å². The molecule has 0 radical (unpaired) electrons. The smallest absolute Gasteiger partial charge is 0.130 e. The number of hydrogen-bond donors (Lipinski definition) is 0. The van der Waals surface area contributed by atoms with Gasteiger partial charge in [-0.05, 0) is 128 Å². The van der Waals surface area contributed by atoms with Gasteiger partial charge in [-0.1, -0.05) is 108 Å². The lowest BCUT2D eigenvalue weighted by Gasteiger charge is -2.38. The second-order valence-electron chi connectivity index (χ2n) is 14.4. The first kappa shape index (κ1) is 29.6. The van der Waals surface area contributed by atoms with Crippen LogP contribution < -0.4 is 0 Å². The van der Waals surface area contributed by atoms with Gasteiger partial charge in [0.1, 0.15) is 11.5 Å². The van der Waals surface area contributed by atoms with Crippen molar-refractivity contribution in [2.75, 3.05) is 0 Å². The molecule has 1 nitrogen and oxygen atoms in total. The molecule has 0 saturated carbocycles. The van der Waals surface area contributed by atoms with Crippen molar-refractivity contribution >= 4 is 25.8 Å². The van der Waals surface area contributed by atoms with Crippen LogP contribution in [0.4, 0.5) is 0 Å². The molecule has 2 aliphatic rings. The summed E-state index contributed by atoms with van der Waals surface area (Å²) >= 11 is 0. The van der Waals surface area contributed by atoms with Gasteiger partial charge in [0, 0.05) is 11.1 Å². The Bertz CT molecular complexity index is 2020. The van der Waals surface area contributed by atoms with E-state index in [0.717, 1.165) is 11.5 Å². The second-order valence-corrected chi connectivity index (χ2v) is 19.2. The molecule has 0 bridgehead atoms. The van der Waals surface area contributed by atoms with E-state index in [1.54, 1.807) is 0 Å². The SMILES string of the molecule is Cc1cc(C)cc(-c2c(C)ccc3c2C=CC3[Si](C)(C)C2C(c3ccc(C)o3)=Cc3c2ccc(C)c3-c2cc(C)cc(C)c2)c1. The lowest BCUT2D eigenvalue weighted by Crippen LogP contribution is -2.41. The summed E-state index contributed by atoms with van der Waals surface area (Å²) in [5.74, 6) is 1.98. The highest BCUT2D eigenvalue weighted by molar-refractivity contribution is 6.82. The van der Waals surface area contributed by atoms with E-state index in [-0.39, 0.29) is 0 Å². The second kappa shape index (κ2) is 10.7. The summed E-state index contributed by atoms with van der Waals surface area (Å²) in [6, 6.07) is 27.8. The minimum Gasteiger partial charge on any atom is -0.462 e. The average molecular weight is 605 g/mol. The van der Waals surface area contributed by atoms with E-state index in [0.29, 0.717) is 11.1 Å². The van der Waals surface area contributed by atoms with Crippen molar-refractivity contribution in [1.29, 1.82) is 0 Å². The van der Waals surface area contributed by atoms with Gasteiger partial charge in [-0.2, -0.15) is 0 Å². The third-order valence-electron chi connectivity index (χ3n) is 10.3.